The highest BCUT2D eigenvalue weighted by atomic mass is 79.9. The molecule has 1 aliphatic rings. The molecule has 1 fully saturated rings. The van der Waals surface area contributed by atoms with Gasteiger partial charge in [-0.05, 0) is 32.2 Å². The number of carbonyl (C=O) groups excluding carboxylic acids is 2. The number of nitrogens with one attached hydrogen (secondary N) is 2. The summed E-state index contributed by atoms with van der Waals surface area (Å²) in [4.78, 5) is 25.9. The van der Waals surface area contributed by atoms with Gasteiger partial charge < -0.3 is 15.5 Å². The zero-order valence-corrected chi connectivity index (χ0v) is 13.8. The van der Waals surface area contributed by atoms with Gasteiger partial charge in [0.25, 0.3) is 0 Å². The molecule has 1 heterocycles. The van der Waals surface area contributed by atoms with Gasteiger partial charge in [-0.1, -0.05) is 22.0 Å². The number of amides is 2. The van der Waals surface area contributed by atoms with Crippen molar-refractivity contribution in [3.8, 4) is 0 Å². The second kappa shape index (κ2) is 7.04. The zero-order chi connectivity index (χ0) is 15.4. The molecule has 0 aromatic heterocycles. The van der Waals surface area contributed by atoms with E-state index in [2.05, 4.69) is 26.6 Å². The Bertz CT molecular complexity index is 535. The number of hydrogen-bond acceptors (Lipinski definition) is 3. The molecule has 2 rings (SSSR count). The molecule has 114 valence electrons. The summed E-state index contributed by atoms with van der Waals surface area (Å²) in [5.41, 5.74) is 0.827. The van der Waals surface area contributed by atoms with Crippen molar-refractivity contribution < 1.29 is 9.59 Å². The predicted molar refractivity (Wildman–Crippen MR) is 86.1 cm³/mol. The van der Waals surface area contributed by atoms with Crippen molar-refractivity contribution in [3.05, 3.63) is 28.7 Å². The summed E-state index contributed by atoms with van der Waals surface area (Å²) in [7, 11) is 1.85. The molecule has 5 nitrogen and oxygen atoms in total. The van der Waals surface area contributed by atoms with Crippen LogP contribution in [0.1, 0.15) is 13.3 Å². The van der Waals surface area contributed by atoms with Crippen LogP contribution >= 0.6 is 15.9 Å². The van der Waals surface area contributed by atoms with Crippen LogP contribution in [0.2, 0.25) is 0 Å². The fourth-order valence-corrected chi connectivity index (χ4v) is 2.66. The first kappa shape index (κ1) is 16.0. The molecule has 1 saturated heterocycles. The van der Waals surface area contributed by atoms with E-state index in [9.17, 15) is 9.59 Å². The van der Waals surface area contributed by atoms with E-state index in [1.54, 1.807) is 4.90 Å². The summed E-state index contributed by atoms with van der Waals surface area (Å²) in [6.45, 7) is 3.00. The second-order valence-corrected chi connectivity index (χ2v) is 6.24. The van der Waals surface area contributed by atoms with Crippen molar-refractivity contribution >= 4 is 33.4 Å². The number of hydrogen-bond donors (Lipinski definition) is 2. The molecule has 0 aliphatic carbocycles. The van der Waals surface area contributed by atoms with Crippen molar-refractivity contribution in [3.63, 3.8) is 0 Å². The first-order valence-corrected chi connectivity index (χ1v) is 7.81. The summed E-state index contributed by atoms with van der Waals surface area (Å²) < 4.78 is 0.920. The quantitative estimate of drug-likeness (QED) is 0.843. The average Bonchev–Trinajstić information content (AvgIpc) is 2.86. The van der Waals surface area contributed by atoms with Crippen molar-refractivity contribution in [1.29, 1.82) is 0 Å². The Morgan fingerprint density at radius 3 is 2.95 bits per heavy atom. The summed E-state index contributed by atoms with van der Waals surface area (Å²) >= 11 is 3.40. The van der Waals surface area contributed by atoms with Gasteiger partial charge in [0.15, 0.2) is 0 Å². The van der Waals surface area contributed by atoms with Gasteiger partial charge in [-0.2, -0.15) is 0 Å². The molecular weight excluding hydrogens is 334 g/mol. The van der Waals surface area contributed by atoms with Crippen LogP contribution in [0.25, 0.3) is 0 Å². The van der Waals surface area contributed by atoms with E-state index in [4.69, 9.17) is 0 Å². The Labute approximate surface area is 133 Å². The number of carbonyl (C=O) groups is 2. The highest BCUT2D eigenvalue weighted by Gasteiger charge is 2.35. The van der Waals surface area contributed by atoms with Gasteiger partial charge in [0.2, 0.25) is 11.8 Å². The van der Waals surface area contributed by atoms with Crippen LogP contribution in [-0.2, 0) is 9.59 Å². The number of benzene rings is 1. The molecule has 6 heteroatoms. The first-order chi connectivity index (χ1) is 10.0. The van der Waals surface area contributed by atoms with Crippen molar-refractivity contribution in [2.75, 3.05) is 25.0 Å². The lowest BCUT2D eigenvalue weighted by atomic mass is 10.1. The molecular formula is C15H20BrN3O2. The third kappa shape index (κ3) is 4.04. The first-order valence-electron chi connectivity index (χ1n) is 7.02. The highest BCUT2D eigenvalue weighted by molar-refractivity contribution is 9.10. The monoisotopic (exact) mass is 353 g/mol. The van der Waals surface area contributed by atoms with E-state index < -0.39 is 0 Å². The van der Waals surface area contributed by atoms with E-state index in [0.29, 0.717) is 13.1 Å². The maximum Gasteiger partial charge on any atom is 0.227 e. The van der Waals surface area contributed by atoms with Gasteiger partial charge in [0, 0.05) is 35.7 Å². The highest BCUT2D eigenvalue weighted by Crippen LogP contribution is 2.27. The van der Waals surface area contributed by atoms with E-state index in [1.807, 2.05) is 38.2 Å². The van der Waals surface area contributed by atoms with Gasteiger partial charge >= 0.3 is 0 Å². The topological polar surface area (TPSA) is 61.4 Å². The van der Waals surface area contributed by atoms with Crippen molar-refractivity contribution in [1.82, 2.24) is 10.6 Å². The number of likely N-dealkylation sites (N-methyl/N-ethyl adjacent to an activating group) is 1. The van der Waals surface area contributed by atoms with Crippen molar-refractivity contribution in [2.45, 2.75) is 19.4 Å². The fraction of sp³-hybridized carbons (Fsp3) is 0.467. The Morgan fingerprint density at radius 2 is 2.29 bits per heavy atom. The number of halogens is 1. The number of anilines is 1. The normalized spacial score (nSPS) is 19.7. The summed E-state index contributed by atoms with van der Waals surface area (Å²) in [6, 6.07) is 7.78. The Balaban J connectivity index is 1.97. The summed E-state index contributed by atoms with van der Waals surface area (Å²) in [5, 5.41) is 5.95. The van der Waals surface area contributed by atoms with Crippen molar-refractivity contribution in [2.24, 2.45) is 5.92 Å². The van der Waals surface area contributed by atoms with Gasteiger partial charge in [-0.25, -0.2) is 0 Å². The average molecular weight is 354 g/mol. The van der Waals surface area contributed by atoms with E-state index in [1.165, 1.54) is 0 Å². The molecule has 1 aromatic carbocycles. The Hall–Kier alpha value is -1.40. The lowest BCUT2D eigenvalue weighted by Crippen LogP contribution is -2.40. The fourth-order valence-electron chi connectivity index (χ4n) is 2.28. The minimum absolute atomic E-state index is 0.00471. The molecule has 0 radical (unpaired) electrons. The minimum Gasteiger partial charge on any atom is -0.354 e. The van der Waals surface area contributed by atoms with Gasteiger partial charge in [-0.15, -0.1) is 0 Å². The Morgan fingerprint density at radius 1 is 1.52 bits per heavy atom. The van der Waals surface area contributed by atoms with Gasteiger partial charge in [-0.3, -0.25) is 9.59 Å². The van der Waals surface area contributed by atoms with Crippen LogP contribution in [-0.4, -0.2) is 38.0 Å². The summed E-state index contributed by atoms with van der Waals surface area (Å²) in [6.07, 6.45) is 0.270. The van der Waals surface area contributed by atoms with Gasteiger partial charge in [0.05, 0.1) is 5.92 Å². The second-order valence-electron chi connectivity index (χ2n) is 5.32. The molecule has 2 amide bonds. The van der Waals surface area contributed by atoms with Crippen LogP contribution in [0.15, 0.2) is 28.7 Å². The third-order valence-corrected chi connectivity index (χ3v) is 4.18. The standard InChI is InChI=1S/C15H20BrN3O2/c1-10(17-2)8-18-15(21)11-6-14(20)19(9-11)13-5-3-4-12(16)7-13/h3-5,7,10-11,17H,6,8-9H2,1-2H3,(H,18,21). The lowest BCUT2D eigenvalue weighted by Gasteiger charge is -2.17. The van der Waals surface area contributed by atoms with E-state index in [0.717, 1.165) is 10.2 Å². The van der Waals surface area contributed by atoms with Gasteiger partial charge in [0.1, 0.15) is 0 Å². The van der Waals surface area contributed by atoms with E-state index >= 15 is 0 Å². The number of nitrogens with zero attached hydrogens (tertiary/aromatic N) is 1. The smallest absolute Gasteiger partial charge is 0.227 e. The maximum atomic E-state index is 12.1. The molecule has 21 heavy (non-hydrogen) atoms. The SMILES string of the molecule is CNC(C)CNC(=O)C1CC(=O)N(c2cccc(Br)c2)C1. The zero-order valence-electron chi connectivity index (χ0n) is 12.2. The number of rotatable bonds is 5. The molecule has 2 N–H and O–H groups in total. The molecule has 1 aromatic rings. The summed E-state index contributed by atoms with van der Waals surface area (Å²) in [5.74, 6) is -0.335. The Kier molecular flexibility index (Phi) is 5.36. The predicted octanol–water partition coefficient (Wildman–Crippen LogP) is 1.53. The largest absolute Gasteiger partial charge is 0.354 e. The molecule has 1 aliphatic heterocycles. The third-order valence-electron chi connectivity index (χ3n) is 3.69. The lowest BCUT2D eigenvalue weighted by molar-refractivity contribution is -0.126. The molecule has 0 saturated carbocycles. The molecule has 2 unspecified atom stereocenters. The maximum absolute atomic E-state index is 12.1. The van der Waals surface area contributed by atoms with Crippen LogP contribution in [0.5, 0.6) is 0 Å². The van der Waals surface area contributed by atoms with E-state index in [-0.39, 0.29) is 30.2 Å². The molecule has 0 bridgehead atoms. The van der Waals surface area contributed by atoms with Crippen LogP contribution in [0, 0.1) is 5.92 Å². The van der Waals surface area contributed by atoms with Crippen LogP contribution < -0.4 is 15.5 Å². The molecule has 0 spiro atoms. The van der Waals surface area contributed by atoms with Crippen LogP contribution in [0.4, 0.5) is 5.69 Å². The minimum atomic E-state index is -0.277. The molecule has 2 atom stereocenters. The van der Waals surface area contributed by atoms with Crippen LogP contribution in [0.3, 0.4) is 0 Å².